The minimum atomic E-state index is -4.43. The van der Waals surface area contributed by atoms with E-state index in [0.717, 1.165) is 0 Å². The molecule has 2 aromatic rings. The fourth-order valence-electron chi connectivity index (χ4n) is 2.47. The molecule has 0 saturated carbocycles. The first kappa shape index (κ1) is 23.0. The van der Waals surface area contributed by atoms with E-state index < -0.39 is 34.9 Å². The van der Waals surface area contributed by atoms with Gasteiger partial charge in [-0.05, 0) is 30.2 Å². The Morgan fingerprint density at radius 2 is 1.86 bits per heavy atom. The summed E-state index contributed by atoms with van der Waals surface area (Å²) in [5, 5.41) is 3.00. The summed E-state index contributed by atoms with van der Waals surface area (Å²) in [5.74, 6) is -1.06. The quantitative estimate of drug-likeness (QED) is 0.547. The van der Waals surface area contributed by atoms with Gasteiger partial charge in [0.15, 0.2) is 0 Å². The Bertz CT molecular complexity index is 978. The average molecular weight is 450 g/mol. The van der Waals surface area contributed by atoms with Crippen molar-refractivity contribution in [1.82, 2.24) is 0 Å². The highest BCUT2D eigenvalue weighted by molar-refractivity contribution is 7.87. The summed E-state index contributed by atoms with van der Waals surface area (Å²) in [7, 11) is -4.19. The molecule has 0 bridgehead atoms. The molecule has 0 aliphatic heterocycles. The van der Waals surface area contributed by atoms with Crippen molar-refractivity contribution in [3.8, 4) is 16.9 Å². The summed E-state index contributed by atoms with van der Waals surface area (Å²) >= 11 is 6.19. The molecular weight excluding hydrogens is 431 g/mol. The van der Waals surface area contributed by atoms with Gasteiger partial charge in [0.2, 0.25) is 5.91 Å². The normalized spacial score (nSPS) is 11.9. The van der Waals surface area contributed by atoms with E-state index in [4.69, 9.17) is 15.8 Å². The number of nitrogens with one attached hydrogen (secondary N) is 1. The Morgan fingerprint density at radius 3 is 2.52 bits per heavy atom. The fraction of sp³-hybridized carbons (Fsp3) is 0.316. The molecule has 5 nitrogen and oxygen atoms in total. The van der Waals surface area contributed by atoms with Crippen LogP contribution in [0.3, 0.4) is 0 Å². The second kappa shape index (κ2) is 9.49. The van der Waals surface area contributed by atoms with Crippen LogP contribution in [0.1, 0.15) is 26.2 Å². The number of anilines is 1. The van der Waals surface area contributed by atoms with Crippen molar-refractivity contribution in [3.63, 3.8) is 0 Å². The predicted octanol–water partition coefficient (Wildman–Crippen LogP) is 5.41. The Balaban J connectivity index is 2.24. The molecule has 0 saturated heterocycles. The minimum Gasteiger partial charge on any atom is -0.382 e. The van der Waals surface area contributed by atoms with Gasteiger partial charge in [-0.2, -0.15) is 21.6 Å². The number of para-hydroxylation sites is 1. The summed E-state index contributed by atoms with van der Waals surface area (Å²) in [6, 6.07) is 10.9. The second-order valence-electron chi connectivity index (χ2n) is 6.16. The van der Waals surface area contributed by atoms with Crippen LogP contribution in [0.2, 0.25) is 5.02 Å². The third-order valence-corrected chi connectivity index (χ3v) is 5.37. The van der Waals surface area contributed by atoms with Crippen molar-refractivity contribution in [1.29, 1.82) is 0 Å². The lowest BCUT2D eigenvalue weighted by molar-refractivity contribution is -0.134. The highest BCUT2D eigenvalue weighted by atomic mass is 35.5. The van der Waals surface area contributed by atoms with Crippen LogP contribution in [0.15, 0.2) is 42.5 Å². The molecule has 2 rings (SSSR count). The summed E-state index contributed by atoms with van der Waals surface area (Å²) in [4.78, 5) is 11.8. The molecule has 158 valence electrons. The maximum Gasteiger partial charge on any atom is 0.389 e. The highest BCUT2D eigenvalue weighted by Crippen LogP contribution is 2.35. The molecule has 0 spiro atoms. The van der Waals surface area contributed by atoms with Crippen molar-refractivity contribution in [2.45, 2.75) is 32.4 Å². The average Bonchev–Trinajstić information content (AvgIpc) is 2.61. The van der Waals surface area contributed by atoms with Gasteiger partial charge >= 0.3 is 16.3 Å². The zero-order valence-electron chi connectivity index (χ0n) is 15.4. The van der Waals surface area contributed by atoms with Gasteiger partial charge in [0.05, 0.1) is 16.5 Å². The Morgan fingerprint density at radius 1 is 1.17 bits per heavy atom. The molecule has 0 unspecified atom stereocenters. The van der Waals surface area contributed by atoms with Crippen LogP contribution in [0.25, 0.3) is 11.1 Å². The lowest BCUT2D eigenvalue weighted by Gasteiger charge is -2.14. The summed E-state index contributed by atoms with van der Waals surface area (Å²) in [5.41, 5.74) is 1.42. The van der Waals surface area contributed by atoms with E-state index in [2.05, 4.69) is 5.32 Å². The number of hydrogen-bond acceptors (Lipinski definition) is 4. The van der Waals surface area contributed by atoms with Crippen LogP contribution in [-0.4, -0.2) is 26.3 Å². The fourth-order valence-corrected chi connectivity index (χ4v) is 3.67. The zero-order chi connectivity index (χ0) is 21.7. The Labute approximate surface area is 172 Å². The van der Waals surface area contributed by atoms with Crippen LogP contribution in [0.4, 0.5) is 18.9 Å². The SMILES string of the molecule is CCC(=O)Nc1c(Cl)cccc1-c1cccc(OS(=O)(=O)CCCC(F)(F)F)c1. The monoisotopic (exact) mass is 449 g/mol. The van der Waals surface area contributed by atoms with Crippen molar-refractivity contribution in [2.75, 3.05) is 11.1 Å². The number of halogens is 4. The zero-order valence-corrected chi connectivity index (χ0v) is 17.0. The first-order chi connectivity index (χ1) is 13.5. The van der Waals surface area contributed by atoms with Gasteiger partial charge in [-0.1, -0.05) is 42.8 Å². The molecule has 10 heteroatoms. The number of hydrogen-bond donors (Lipinski definition) is 1. The van der Waals surface area contributed by atoms with Crippen LogP contribution < -0.4 is 9.50 Å². The van der Waals surface area contributed by atoms with Gasteiger partial charge in [-0.15, -0.1) is 0 Å². The smallest absolute Gasteiger partial charge is 0.382 e. The number of alkyl halides is 3. The molecule has 0 fully saturated rings. The van der Waals surface area contributed by atoms with E-state index in [0.29, 0.717) is 21.8 Å². The molecule has 0 aliphatic carbocycles. The van der Waals surface area contributed by atoms with Crippen molar-refractivity contribution in [2.24, 2.45) is 0 Å². The van der Waals surface area contributed by atoms with E-state index in [9.17, 15) is 26.4 Å². The van der Waals surface area contributed by atoms with Crippen molar-refractivity contribution >= 4 is 33.3 Å². The largest absolute Gasteiger partial charge is 0.389 e. The van der Waals surface area contributed by atoms with Gasteiger partial charge < -0.3 is 9.50 Å². The van der Waals surface area contributed by atoms with Gasteiger partial charge in [-0.3, -0.25) is 4.79 Å². The van der Waals surface area contributed by atoms with Gasteiger partial charge in [0.25, 0.3) is 0 Å². The van der Waals surface area contributed by atoms with Crippen LogP contribution in [0.5, 0.6) is 5.75 Å². The number of amides is 1. The number of benzene rings is 2. The molecule has 1 amide bonds. The van der Waals surface area contributed by atoms with Crippen LogP contribution in [-0.2, 0) is 14.9 Å². The van der Waals surface area contributed by atoms with E-state index in [1.54, 1.807) is 31.2 Å². The predicted molar refractivity (Wildman–Crippen MR) is 106 cm³/mol. The lowest BCUT2D eigenvalue weighted by Crippen LogP contribution is -2.16. The first-order valence-electron chi connectivity index (χ1n) is 8.68. The van der Waals surface area contributed by atoms with E-state index >= 15 is 0 Å². The standard InChI is InChI=1S/C19H19ClF3NO4S/c1-2-17(25)24-18-15(8-4-9-16(18)20)13-6-3-7-14(12-13)28-29(26,27)11-5-10-19(21,22)23/h3-4,6-9,12H,2,5,10-11H2,1H3,(H,24,25). The molecule has 0 radical (unpaired) electrons. The third kappa shape index (κ3) is 7.25. The van der Waals surface area contributed by atoms with Crippen LogP contribution in [0, 0.1) is 0 Å². The molecule has 0 heterocycles. The van der Waals surface area contributed by atoms with Gasteiger partial charge in [0, 0.05) is 18.4 Å². The molecule has 0 aliphatic rings. The summed E-state index contributed by atoms with van der Waals surface area (Å²) < 4.78 is 65.5. The van der Waals surface area contributed by atoms with Gasteiger partial charge in [-0.25, -0.2) is 0 Å². The first-order valence-corrected chi connectivity index (χ1v) is 10.6. The second-order valence-corrected chi connectivity index (χ2v) is 8.25. The Hall–Kier alpha value is -2.26. The third-order valence-electron chi connectivity index (χ3n) is 3.82. The topological polar surface area (TPSA) is 72.5 Å². The number of carbonyl (C=O) groups is 1. The van der Waals surface area contributed by atoms with Crippen molar-refractivity contribution < 1.29 is 30.6 Å². The molecule has 0 atom stereocenters. The lowest BCUT2D eigenvalue weighted by atomic mass is 10.0. The van der Waals surface area contributed by atoms with E-state index in [1.807, 2.05) is 0 Å². The minimum absolute atomic E-state index is 0.0535. The van der Waals surface area contributed by atoms with Crippen LogP contribution >= 0.6 is 11.6 Å². The Kier molecular flexibility index (Phi) is 7.54. The number of carbonyl (C=O) groups excluding carboxylic acids is 1. The maximum absolute atomic E-state index is 12.2. The molecule has 1 N–H and O–H groups in total. The van der Waals surface area contributed by atoms with Gasteiger partial charge in [0.1, 0.15) is 5.75 Å². The summed E-state index contributed by atoms with van der Waals surface area (Å²) in [6.07, 6.45) is -5.99. The number of rotatable bonds is 8. The summed E-state index contributed by atoms with van der Waals surface area (Å²) in [6.45, 7) is 1.68. The van der Waals surface area contributed by atoms with E-state index in [1.165, 1.54) is 18.2 Å². The molecule has 0 aromatic heterocycles. The van der Waals surface area contributed by atoms with Crippen molar-refractivity contribution in [3.05, 3.63) is 47.5 Å². The maximum atomic E-state index is 12.2. The highest BCUT2D eigenvalue weighted by Gasteiger charge is 2.28. The molecular formula is C19H19ClF3NO4S. The molecule has 29 heavy (non-hydrogen) atoms. The van der Waals surface area contributed by atoms with E-state index in [-0.39, 0.29) is 18.1 Å². The molecule has 2 aromatic carbocycles.